The lowest BCUT2D eigenvalue weighted by Gasteiger charge is -2.28. The Morgan fingerprint density at radius 2 is 1.95 bits per heavy atom. The van der Waals surface area contributed by atoms with Crippen LogP contribution in [0, 0.1) is 11.6 Å². The monoisotopic (exact) mass is 329 g/mol. The van der Waals surface area contributed by atoms with Gasteiger partial charge in [-0.3, -0.25) is 0 Å². The molecule has 0 bridgehead atoms. The minimum Gasteiger partial charge on any atom is -0.492 e. The highest BCUT2D eigenvalue weighted by Crippen LogP contribution is 2.41. The van der Waals surface area contributed by atoms with E-state index >= 15 is 0 Å². The quantitative estimate of drug-likeness (QED) is 0.816. The predicted octanol–water partition coefficient (Wildman–Crippen LogP) is 5.21. The highest BCUT2D eigenvalue weighted by molar-refractivity contribution is 6.35. The minimum atomic E-state index is -0.642. The summed E-state index contributed by atoms with van der Waals surface area (Å²) in [7, 11) is 0. The van der Waals surface area contributed by atoms with Gasteiger partial charge in [0.05, 0.1) is 23.4 Å². The lowest BCUT2D eigenvalue weighted by Crippen LogP contribution is -2.21. The lowest BCUT2D eigenvalue weighted by atomic mass is 10.00. The Bertz CT molecular complexity index is 694. The fraction of sp³-hybridized carbons (Fsp3) is 0.200. The van der Waals surface area contributed by atoms with E-state index in [1.165, 1.54) is 12.1 Å². The first-order chi connectivity index (χ1) is 10.0. The molecule has 1 atom stereocenters. The van der Waals surface area contributed by atoms with E-state index in [0.29, 0.717) is 28.8 Å². The van der Waals surface area contributed by atoms with Gasteiger partial charge in [-0.05, 0) is 24.3 Å². The lowest BCUT2D eigenvalue weighted by molar-refractivity contribution is 0.274. The molecular formula is C15H11Cl2F2NO. The average Bonchev–Trinajstić information content (AvgIpc) is 2.42. The third-order valence-electron chi connectivity index (χ3n) is 3.33. The highest BCUT2D eigenvalue weighted by Gasteiger charge is 2.25. The zero-order chi connectivity index (χ0) is 15.0. The van der Waals surface area contributed by atoms with Crippen LogP contribution in [0.15, 0.2) is 30.3 Å². The number of rotatable bonds is 2. The van der Waals surface area contributed by atoms with Crippen molar-refractivity contribution in [3.8, 4) is 5.75 Å². The molecule has 2 aromatic rings. The summed E-state index contributed by atoms with van der Waals surface area (Å²) in [5.41, 5.74) is 0.993. The van der Waals surface area contributed by atoms with Gasteiger partial charge in [-0.2, -0.15) is 0 Å². The molecule has 1 aliphatic heterocycles. The van der Waals surface area contributed by atoms with Crippen LogP contribution in [0.25, 0.3) is 0 Å². The van der Waals surface area contributed by atoms with Crippen LogP contribution in [0.3, 0.4) is 0 Å². The number of hydrogen-bond donors (Lipinski definition) is 1. The zero-order valence-corrected chi connectivity index (χ0v) is 12.3. The molecule has 1 heterocycles. The summed E-state index contributed by atoms with van der Waals surface area (Å²) in [4.78, 5) is 0. The first-order valence-electron chi connectivity index (χ1n) is 6.38. The first-order valence-corrected chi connectivity index (χ1v) is 7.13. The van der Waals surface area contributed by atoms with Crippen molar-refractivity contribution >= 4 is 28.9 Å². The molecule has 0 saturated heterocycles. The summed E-state index contributed by atoms with van der Waals surface area (Å²) >= 11 is 12.1. The fourth-order valence-electron chi connectivity index (χ4n) is 2.37. The number of halogens is 4. The van der Waals surface area contributed by atoms with Gasteiger partial charge in [-0.25, -0.2) is 8.78 Å². The Kier molecular flexibility index (Phi) is 3.91. The second kappa shape index (κ2) is 5.70. The van der Waals surface area contributed by atoms with Crippen LogP contribution in [0.2, 0.25) is 10.0 Å². The number of anilines is 1. The first kappa shape index (κ1) is 14.4. The molecular weight excluding hydrogens is 319 g/mol. The molecule has 0 fully saturated rings. The molecule has 0 aromatic heterocycles. The normalized spacial score (nSPS) is 17.0. The molecule has 110 valence electrons. The van der Waals surface area contributed by atoms with Crippen molar-refractivity contribution in [2.24, 2.45) is 0 Å². The molecule has 2 aromatic carbocycles. The molecule has 0 saturated carbocycles. The minimum absolute atomic E-state index is 0.204. The molecule has 0 aliphatic carbocycles. The highest BCUT2D eigenvalue weighted by atomic mass is 35.5. The van der Waals surface area contributed by atoms with Crippen molar-refractivity contribution in [2.75, 3.05) is 11.9 Å². The molecule has 0 amide bonds. The van der Waals surface area contributed by atoms with Gasteiger partial charge in [0.2, 0.25) is 0 Å². The van der Waals surface area contributed by atoms with Crippen LogP contribution in [0.4, 0.5) is 14.5 Å². The van der Waals surface area contributed by atoms with E-state index in [1.54, 1.807) is 12.1 Å². The molecule has 21 heavy (non-hydrogen) atoms. The van der Waals surface area contributed by atoms with Crippen molar-refractivity contribution in [1.29, 1.82) is 0 Å². The number of ether oxygens (including phenoxy) is 1. The predicted molar refractivity (Wildman–Crippen MR) is 79.3 cm³/mol. The van der Waals surface area contributed by atoms with Crippen LogP contribution >= 0.6 is 23.2 Å². The van der Waals surface area contributed by atoms with E-state index in [-0.39, 0.29) is 11.7 Å². The van der Waals surface area contributed by atoms with Gasteiger partial charge in [-0.15, -0.1) is 0 Å². The number of fused-ring (bicyclic) bond motifs is 1. The molecule has 1 aliphatic rings. The molecule has 6 heteroatoms. The largest absolute Gasteiger partial charge is 0.492 e. The topological polar surface area (TPSA) is 21.3 Å². The summed E-state index contributed by atoms with van der Waals surface area (Å²) in [5.74, 6) is -0.708. The van der Waals surface area contributed by atoms with E-state index in [2.05, 4.69) is 5.32 Å². The number of hydrogen-bond acceptors (Lipinski definition) is 2. The average molecular weight is 330 g/mol. The second-order valence-corrected chi connectivity index (χ2v) is 5.61. The van der Waals surface area contributed by atoms with Crippen molar-refractivity contribution in [1.82, 2.24) is 0 Å². The fourth-order valence-corrected chi connectivity index (χ4v) is 2.93. The van der Waals surface area contributed by atoms with Gasteiger partial charge in [0, 0.05) is 23.1 Å². The van der Waals surface area contributed by atoms with Crippen molar-refractivity contribution in [2.45, 2.75) is 12.5 Å². The molecule has 2 nitrogen and oxygen atoms in total. The van der Waals surface area contributed by atoms with Crippen LogP contribution in [-0.2, 0) is 0 Å². The van der Waals surface area contributed by atoms with Gasteiger partial charge in [0.25, 0.3) is 0 Å². The number of benzene rings is 2. The van der Waals surface area contributed by atoms with Gasteiger partial charge in [-0.1, -0.05) is 23.2 Å². The van der Waals surface area contributed by atoms with E-state index in [9.17, 15) is 8.78 Å². The second-order valence-electron chi connectivity index (χ2n) is 4.76. The van der Waals surface area contributed by atoms with E-state index in [1.807, 2.05) is 0 Å². The summed E-state index contributed by atoms with van der Waals surface area (Å²) in [5, 5.41) is 3.95. The van der Waals surface area contributed by atoms with Crippen molar-refractivity contribution in [3.05, 3.63) is 57.6 Å². The van der Waals surface area contributed by atoms with Gasteiger partial charge in [0.1, 0.15) is 17.4 Å². The Balaban J connectivity index is 1.95. The Morgan fingerprint density at radius 3 is 2.71 bits per heavy atom. The van der Waals surface area contributed by atoms with E-state index in [4.69, 9.17) is 27.9 Å². The van der Waals surface area contributed by atoms with Gasteiger partial charge >= 0.3 is 0 Å². The molecule has 1 N–H and O–H groups in total. The Labute approximate surface area is 130 Å². The standard InChI is InChI=1S/C15H11Cl2F2NO/c16-8-5-10-13(3-4-21-15(10)11(17)6-8)20-14-2-1-9(18)7-12(14)19/h1-2,5-7,13,20H,3-4H2. The van der Waals surface area contributed by atoms with Crippen LogP contribution in [0.1, 0.15) is 18.0 Å². The zero-order valence-electron chi connectivity index (χ0n) is 10.8. The summed E-state index contributed by atoms with van der Waals surface area (Å²) in [6.07, 6.45) is 0.625. The van der Waals surface area contributed by atoms with Crippen LogP contribution in [0.5, 0.6) is 5.75 Å². The van der Waals surface area contributed by atoms with Gasteiger partial charge in [0.15, 0.2) is 0 Å². The van der Waals surface area contributed by atoms with Crippen molar-refractivity contribution in [3.63, 3.8) is 0 Å². The summed E-state index contributed by atoms with van der Waals surface area (Å²) in [6, 6.07) is 6.55. The number of nitrogens with one attached hydrogen (secondary N) is 1. The maximum Gasteiger partial charge on any atom is 0.149 e. The molecule has 0 radical (unpaired) electrons. The SMILES string of the molecule is Fc1ccc(NC2CCOc3c(Cl)cc(Cl)cc32)c(F)c1. The molecule has 3 rings (SSSR count). The maximum atomic E-state index is 13.8. The molecule has 0 spiro atoms. The van der Waals surface area contributed by atoms with Crippen LogP contribution in [-0.4, -0.2) is 6.61 Å². The third kappa shape index (κ3) is 2.92. The smallest absolute Gasteiger partial charge is 0.149 e. The Hall–Kier alpha value is -1.52. The Morgan fingerprint density at radius 1 is 1.14 bits per heavy atom. The maximum absolute atomic E-state index is 13.8. The third-order valence-corrected chi connectivity index (χ3v) is 3.83. The molecule has 1 unspecified atom stereocenters. The summed E-state index contributed by atoms with van der Waals surface area (Å²) in [6.45, 7) is 0.453. The van der Waals surface area contributed by atoms with Gasteiger partial charge < -0.3 is 10.1 Å². The van der Waals surface area contributed by atoms with Crippen LogP contribution < -0.4 is 10.1 Å². The van der Waals surface area contributed by atoms with E-state index in [0.717, 1.165) is 11.6 Å². The van der Waals surface area contributed by atoms with E-state index < -0.39 is 11.6 Å². The van der Waals surface area contributed by atoms with Crippen molar-refractivity contribution < 1.29 is 13.5 Å². The summed E-state index contributed by atoms with van der Waals surface area (Å²) < 4.78 is 32.2.